The van der Waals surface area contributed by atoms with Crippen LogP contribution in [-0.4, -0.2) is 10.1 Å². The molecule has 2 aromatic carbocycles. The Morgan fingerprint density at radius 2 is 1.60 bits per heavy atom. The molecule has 0 saturated carbocycles. The van der Waals surface area contributed by atoms with Crippen LogP contribution in [0.3, 0.4) is 0 Å². The highest BCUT2D eigenvalue weighted by Gasteiger charge is 2.11. The van der Waals surface area contributed by atoms with Crippen molar-refractivity contribution in [3.8, 4) is 22.8 Å². The molecule has 0 bridgehead atoms. The van der Waals surface area contributed by atoms with Gasteiger partial charge in [-0.05, 0) is 42.5 Å². The van der Waals surface area contributed by atoms with Gasteiger partial charge < -0.3 is 10.3 Å². The summed E-state index contributed by atoms with van der Waals surface area (Å²) in [5.74, 6) is 0.876. The van der Waals surface area contributed by atoms with Crippen molar-refractivity contribution >= 4 is 28.9 Å². The van der Waals surface area contributed by atoms with Crippen molar-refractivity contribution in [3.05, 3.63) is 52.5 Å². The van der Waals surface area contributed by atoms with E-state index in [0.717, 1.165) is 11.1 Å². The molecule has 4 nitrogen and oxygen atoms in total. The predicted molar refractivity (Wildman–Crippen MR) is 79.6 cm³/mol. The molecule has 0 aliphatic carbocycles. The van der Waals surface area contributed by atoms with Gasteiger partial charge in [0.05, 0.1) is 10.0 Å². The molecule has 3 rings (SSSR count). The highest BCUT2D eigenvalue weighted by molar-refractivity contribution is 6.42. The van der Waals surface area contributed by atoms with Gasteiger partial charge in [0.1, 0.15) is 0 Å². The SMILES string of the molecule is Nc1ccc(-c2nc(-c3ccc(Cl)c(Cl)c3)no2)cc1. The van der Waals surface area contributed by atoms with Gasteiger partial charge in [-0.3, -0.25) is 0 Å². The topological polar surface area (TPSA) is 64.9 Å². The molecule has 1 heterocycles. The molecule has 0 saturated heterocycles. The first-order valence-electron chi connectivity index (χ1n) is 5.78. The molecule has 0 spiro atoms. The molecule has 6 heteroatoms. The van der Waals surface area contributed by atoms with E-state index in [2.05, 4.69) is 10.1 Å². The van der Waals surface area contributed by atoms with E-state index < -0.39 is 0 Å². The van der Waals surface area contributed by atoms with Gasteiger partial charge in [-0.15, -0.1) is 0 Å². The van der Waals surface area contributed by atoms with Crippen molar-refractivity contribution in [1.82, 2.24) is 10.1 Å². The van der Waals surface area contributed by atoms with Crippen LogP contribution < -0.4 is 5.73 Å². The van der Waals surface area contributed by atoms with E-state index in [9.17, 15) is 0 Å². The Morgan fingerprint density at radius 3 is 2.30 bits per heavy atom. The van der Waals surface area contributed by atoms with Crippen LogP contribution in [-0.2, 0) is 0 Å². The summed E-state index contributed by atoms with van der Waals surface area (Å²) in [6.45, 7) is 0. The minimum absolute atomic E-state index is 0.422. The van der Waals surface area contributed by atoms with Crippen LogP contribution in [0.4, 0.5) is 5.69 Å². The zero-order chi connectivity index (χ0) is 14.1. The maximum atomic E-state index is 5.97. The lowest BCUT2D eigenvalue weighted by Crippen LogP contribution is -1.84. The number of nitrogen functional groups attached to an aromatic ring is 1. The second-order valence-electron chi connectivity index (χ2n) is 4.17. The number of hydrogen-bond donors (Lipinski definition) is 1. The number of nitrogens with two attached hydrogens (primary N) is 1. The number of benzene rings is 2. The van der Waals surface area contributed by atoms with E-state index >= 15 is 0 Å². The van der Waals surface area contributed by atoms with Gasteiger partial charge in [0.15, 0.2) is 0 Å². The third-order valence-corrected chi connectivity index (χ3v) is 3.50. The average molecular weight is 306 g/mol. The summed E-state index contributed by atoms with van der Waals surface area (Å²) >= 11 is 11.8. The number of halogens is 2. The van der Waals surface area contributed by atoms with Crippen LogP contribution in [0, 0.1) is 0 Å². The van der Waals surface area contributed by atoms with E-state index in [0.29, 0.717) is 27.4 Å². The summed E-state index contributed by atoms with van der Waals surface area (Å²) in [5.41, 5.74) is 7.86. The molecular weight excluding hydrogens is 297 g/mol. The van der Waals surface area contributed by atoms with E-state index in [-0.39, 0.29) is 0 Å². The van der Waals surface area contributed by atoms with E-state index in [1.165, 1.54) is 0 Å². The summed E-state index contributed by atoms with van der Waals surface area (Å²) < 4.78 is 5.24. The zero-order valence-electron chi connectivity index (χ0n) is 10.2. The van der Waals surface area contributed by atoms with Crippen LogP contribution in [0.25, 0.3) is 22.8 Å². The predicted octanol–water partition coefficient (Wildman–Crippen LogP) is 4.29. The minimum atomic E-state index is 0.422. The Kier molecular flexibility index (Phi) is 3.34. The Hall–Kier alpha value is -2.04. The van der Waals surface area contributed by atoms with Crippen LogP contribution in [0.2, 0.25) is 10.0 Å². The van der Waals surface area contributed by atoms with Gasteiger partial charge in [0.2, 0.25) is 5.82 Å². The van der Waals surface area contributed by atoms with Crippen molar-refractivity contribution in [2.24, 2.45) is 0 Å². The summed E-state index contributed by atoms with van der Waals surface area (Å²) in [6, 6.07) is 12.4. The second-order valence-corrected chi connectivity index (χ2v) is 4.99. The summed E-state index contributed by atoms with van der Waals surface area (Å²) in [7, 11) is 0. The molecule has 0 unspecified atom stereocenters. The number of aromatic nitrogens is 2. The van der Waals surface area contributed by atoms with Crippen molar-refractivity contribution in [2.75, 3.05) is 5.73 Å². The number of anilines is 1. The third-order valence-electron chi connectivity index (χ3n) is 2.76. The third kappa shape index (κ3) is 2.48. The summed E-state index contributed by atoms with van der Waals surface area (Å²) in [4.78, 5) is 4.33. The second kappa shape index (κ2) is 5.15. The van der Waals surface area contributed by atoms with Crippen LogP contribution in [0.15, 0.2) is 47.0 Å². The van der Waals surface area contributed by atoms with Crippen molar-refractivity contribution in [3.63, 3.8) is 0 Å². The van der Waals surface area contributed by atoms with Gasteiger partial charge in [-0.2, -0.15) is 4.98 Å². The van der Waals surface area contributed by atoms with Crippen molar-refractivity contribution in [1.29, 1.82) is 0 Å². The molecule has 2 N–H and O–H groups in total. The monoisotopic (exact) mass is 305 g/mol. The molecule has 0 atom stereocenters. The van der Waals surface area contributed by atoms with Gasteiger partial charge in [0.25, 0.3) is 5.89 Å². The smallest absolute Gasteiger partial charge is 0.258 e. The van der Waals surface area contributed by atoms with Crippen molar-refractivity contribution in [2.45, 2.75) is 0 Å². The Morgan fingerprint density at radius 1 is 0.900 bits per heavy atom. The Balaban J connectivity index is 1.97. The average Bonchev–Trinajstić information content (AvgIpc) is 2.92. The molecule has 0 amide bonds. The number of rotatable bonds is 2. The lowest BCUT2D eigenvalue weighted by Gasteiger charge is -1.97. The first-order chi connectivity index (χ1) is 9.63. The van der Waals surface area contributed by atoms with Gasteiger partial charge in [-0.25, -0.2) is 0 Å². The molecule has 0 aliphatic rings. The maximum Gasteiger partial charge on any atom is 0.258 e. The van der Waals surface area contributed by atoms with E-state index in [1.807, 2.05) is 12.1 Å². The summed E-state index contributed by atoms with van der Waals surface area (Å²) in [5, 5.41) is 4.87. The van der Waals surface area contributed by atoms with E-state index in [1.54, 1.807) is 30.3 Å². The van der Waals surface area contributed by atoms with Crippen molar-refractivity contribution < 1.29 is 4.52 Å². The summed E-state index contributed by atoms with van der Waals surface area (Å²) in [6.07, 6.45) is 0. The highest BCUT2D eigenvalue weighted by Crippen LogP contribution is 2.28. The van der Waals surface area contributed by atoms with Crippen LogP contribution >= 0.6 is 23.2 Å². The Bertz CT molecular complexity index is 753. The van der Waals surface area contributed by atoms with Crippen LogP contribution in [0.1, 0.15) is 0 Å². The quantitative estimate of drug-likeness (QED) is 0.717. The molecule has 0 radical (unpaired) electrons. The molecule has 20 heavy (non-hydrogen) atoms. The zero-order valence-corrected chi connectivity index (χ0v) is 11.7. The standard InChI is InChI=1S/C14H9Cl2N3O/c15-11-6-3-9(7-12(11)16)13-18-14(20-19-13)8-1-4-10(17)5-2-8/h1-7H,17H2. The molecule has 0 fully saturated rings. The first kappa shape index (κ1) is 13.0. The molecule has 100 valence electrons. The van der Waals surface area contributed by atoms with Gasteiger partial charge in [0, 0.05) is 16.8 Å². The fourth-order valence-corrected chi connectivity index (χ4v) is 2.02. The number of nitrogens with zero attached hydrogens (tertiary/aromatic N) is 2. The van der Waals surface area contributed by atoms with E-state index in [4.69, 9.17) is 33.5 Å². The fraction of sp³-hybridized carbons (Fsp3) is 0. The minimum Gasteiger partial charge on any atom is -0.399 e. The molecule has 1 aromatic heterocycles. The van der Waals surface area contributed by atoms with Crippen LogP contribution in [0.5, 0.6) is 0 Å². The lowest BCUT2D eigenvalue weighted by atomic mass is 10.2. The molecule has 0 aliphatic heterocycles. The fourth-order valence-electron chi connectivity index (χ4n) is 1.72. The Labute approximate surface area is 125 Å². The maximum absolute atomic E-state index is 5.97. The highest BCUT2D eigenvalue weighted by atomic mass is 35.5. The van der Waals surface area contributed by atoms with Gasteiger partial charge >= 0.3 is 0 Å². The van der Waals surface area contributed by atoms with Gasteiger partial charge in [-0.1, -0.05) is 28.4 Å². The molecular formula is C14H9Cl2N3O. The largest absolute Gasteiger partial charge is 0.399 e. The lowest BCUT2D eigenvalue weighted by molar-refractivity contribution is 0.432. The number of hydrogen-bond acceptors (Lipinski definition) is 4. The first-order valence-corrected chi connectivity index (χ1v) is 6.54. The molecule has 3 aromatic rings. The normalized spacial score (nSPS) is 10.7.